The van der Waals surface area contributed by atoms with Crippen molar-refractivity contribution in [1.29, 1.82) is 0 Å². The van der Waals surface area contributed by atoms with E-state index in [0.29, 0.717) is 24.5 Å². The molecular weight excluding hydrogens is 298 g/mol. The quantitative estimate of drug-likeness (QED) is 0.821. The van der Waals surface area contributed by atoms with Crippen molar-refractivity contribution in [3.63, 3.8) is 0 Å². The van der Waals surface area contributed by atoms with E-state index < -0.39 is 10.0 Å². The van der Waals surface area contributed by atoms with Crippen molar-refractivity contribution < 1.29 is 13.2 Å². The van der Waals surface area contributed by atoms with Crippen molar-refractivity contribution >= 4 is 21.6 Å². The standard InChI is InChI=1S/C14H18ClNO3S/c1-2-3-10-20(17,18)16-13-8-9-19-14(13)11-4-6-12(15)7-5-11/h2,4-7,13-14,16H,1,3,8-10H2. The van der Waals surface area contributed by atoms with Gasteiger partial charge < -0.3 is 4.74 Å². The Morgan fingerprint density at radius 1 is 1.40 bits per heavy atom. The minimum atomic E-state index is -3.30. The SMILES string of the molecule is C=CCCS(=O)(=O)NC1CCOC1c1ccc(Cl)cc1. The molecule has 0 bridgehead atoms. The van der Waals surface area contributed by atoms with Crippen LogP contribution in [0.5, 0.6) is 0 Å². The molecule has 2 unspecified atom stereocenters. The molecule has 6 heteroatoms. The summed E-state index contributed by atoms with van der Waals surface area (Å²) in [5, 5.41) is 0.648. The van der Waals surface area contributed by atoms with Crippen LogP contribution in [0.4, 0.5) is 0 Å². The van der Waals surface area contributed by atoms with Crippen molar-refractivity contribution in [3.05, 3.63) is 47.5 Å². The molecule has 0 aromatic heterocycles. The fourth-order valence-electron chi connectivity index (χ4n) is 2.22. The smallest absolute Gasteiger partial charge is 0.212 e. The number of hydrogen-bond acceptors (Lipinski definition) is 3. The molecule has 0 saturated carbocycles. The Morgan fingerprint density at radius 3 is 2.75 bits per heavy atom. The number of benzene rings is 1. The van der Waals surface area contributed by atoms with Crippen LogP contribution in [0.3, 0.4) is 0 Å². The number of nitrogens with one attached hydrogen (secondary N) is 1. The Morgan fingerprint density at radius 2 is 2.10 bits per heavy atom. The zero-order valence-corrected chi connectivity index (χ0v) is 12.7. The van der Waals surface area contributed by atoms with Gasteiger partial charge in [-0.25, -0.2) is 13.1 Å². The lowest BCUT2D eigenvalue weighted by molar-refractivity contribution is 0.102. The average Bonchev–Trinajstić information content (AvgIpc) is 2.85. The fraction of sp³-hybridized carbons (Fsp3) is 0.429. The summed E-state index contributed by atoms with van der Waals surface area (Å²) >= 11 is 5.86. The molecule has 0 aliphatic carbocycles. The number of ether oxygens (including phenoxy) is 1. The molecule has 2 atom stereocenters. The molecule has 1 saturated heterocycles. The maximum absolute atomic E-state index is 11.9. The number of sulfonamides is 1. The molecule has 110 valence electrons. The Balaban J connectivity index is 2.07. The molecule has 20 heavy (non-hydrogen) atoms. The molecule has 1 aromatic rings. The molecule has 1 heterocycles. The summed E-state index contributed by atoms with van der Waals surface area (Å²) in [7, 11) is -3.30. The fourth-order valence-corrected chi connectivity index (χ4v) is 3.64. The molecule has 2 rings (SSSR count). The summed E-state index contributed by atoms with van der Waals surface area (Å²) in [6.45, 7) is 4.08. The summed E-state index contributed by atoms with van der Waals surface area (Å²) < 4.78 is 32.3. The van der Waals surface area contributed by atoms with Crippen molar-refractivity contribution in [2.75, 3.05) is 12.4 Å². The third kappa shape index (κ3) is 4.06. The predicted octanol–water partition coefficient (Wildman–Crippen LogP) is 2.67. The summed E-state index contributed by atoms with van der Waals surface area (Å²) in [4.78, 5) is 0. The molecular formula is C14H18ClNO3S. The lowest BCUT2D eigenvalue weighted by Crippen LogP contribution is -2.38. The summed E-state index contributed by atoms with van der Waals surface area (Å²) in [5.41, 5.74) is 0.934. The topological polar surface area (TPSA) is 55.4 Å². The second-order valence-corrected chi connectivity index (χ2v) is 7.06. The third-order valence-electron chi connectivity index (χ3n) is 3.21. The lowest BCUT2D eigenvalue weighted by Gasteiger charge is -2.20. The number of halogens is 1. The predicted molar refractivity (Wildman–Crippen MR) is 80.3 cm³/mol. The van der Waals surface area contributed by atoms with Crippen LogP contribution >= 0.6 is 11.6 Å². The molecule has 1 aliphatic heterocycles. The molecule has 1 aromatic carbocycles. The van der Waals surface area contributed by atoms with Crippen LogP contribution < -0.4 is 4.72 Å². The first-order valence-electron chi connectivity index (χ1n) is 6.50. The summed E-state index contributed by atoms with van der Waals surface area (Å²) in [6, 6.07) is 7.06. The van der Waals surface area contributed by atoms with Crippen LogP contribution in [0, 0.1) is 0 Å². The Hall–Kier alpha value is -0.880. The van der Waals surface area contributed by atoms with E-state index in [1.807, 2.05) is 12.1 Å². The van der Waals surface area contributed by atoms with Crippen molar-refractivity contribution in [2.45, 2.75) is 25.0 Å². The largest absolute Gasteiger partial charge is 0.372 e. The molecule has 4 nitrogen and oxygen atoms in total. The lowest BCUT2D eigenvalue weighted by atomic mass is 10.0. The van der Waals surface area contributed by atoms with Gasteiger partial charge >= 0.3 is 0 Å². The first kappa shape index (κ1) is 15.5. The van der Waals surface area contributed by atoms with E-state index in [-0.39, 0.29) is 17.9 Å². The number of hydrogen-bond donors (Lipinski definition) is 1. The molecule has 1 fully saturated rings. The van der Waals surface area contributed by atoms with Gasteiger partial charge in [-0.2, -0.15) is 0 Å². The van der Waals surface area contributed by atoms with Crippen LogP contribution in [0.15, 0.2) is 36.9 Å². The van der Waals surface area contributed by atoms with Gasteiger partial charge in [-0.05, 0) is 30.5 Å². The first-order valence-corrected chi connectivity index (χ1v) is 8.53. The van der Waals surface area contributed by atoms with Gasteiger partial charge in [-0.15, -0.1) is 6.58 Å². The van der Waals surface area contributed by atoms with Gasteiger partial charge in [-0.1, -0.05) is 29.8 Å². The number of allylic oxidation sites excluding steroid dienone is 1. The molecule has 1 N–H and O–H groups in total. The highest BCUT2D eigenvalue weighted by atomic mass is 35.5. The van der Waals surface area contributed by atoms with Crippen LogP contribution in [0.2, 0.25) is 5.02 Å². The van der Waals surface area contributed by atoms with Crippen LogP contribution in [-0.2, 0) is 14.8 Å². The van der Waals surface area contributed by atoms with Crippen LogP contribution in [0.1, 0.15) is 24.5 Å². The monoisotopic (exact) mass is 315 g/mol. The van der Waals surface area contributed by atoms with Gasteiger partial charge in [0.2, 0.25) is 10.0 Å². The second-order valence-electron chi connectivity index (χ2n) is 4.75. The van der Waals surface area contributed by atoms with Gasteiger partial charge in [0, 0.05) is 11.6 Å². The molecule has 1 aliphatic rings. The van der Waals surface area contributed by atoms with E-state index in [1.54, 1.807) is 18.2 Å². The van der Waals surface area contributed by atoms with Crippen molar-refractivity contribution in [1.82, 2.24) is 4.72 Å². The third-order valence-corrected chi connectivity index (χ3v) is 4.90. The summed E-state index contributed by atoms with van der Waals surface area (Å²) in [6.07, 6.45) is 2.45. The highest BCUT2D eigenvalue weighted by Crippen LogP contribution is 2.30. The van der Waals surface area contributed by atoms with Gasteiger partial charge in [0.1, 0.15) is 0 Å². The molecule has 0 amide bonds. The van der Waals surface area contributed by atoms with E-state index in [1.165, 1.54) is 0 Å². The highest BCUT2D eigenvalue weighted by Gasteiger charge is 2.32. The van der Waals surface area contributed by atoms with E-state index in [0.717, 1.165) is 5.56 Å². The average molecular weight is 316 g/mol. The Labute approximate surface area is 124 Å². The number of rotatable bonds is 6. The van der Waals surface area contributed by atoms with Gasteiger partial charge in [0.15, 0.2) is 0 Å². The minimum Gasteiger partial charge on any atom is -0.372 e. The first-order chi connectivity index (χ1) is 9.52. The summed E-state index contributed by atoms with van der Waals surface area (Å²) in [5.74, 6) is 0.0559. The van der Waals surface area contributed by atoms with Gasteiger partial charge in [0.05, 0.1) is 17.9 Å². The van der Waals surface area contributed by atoms with E-state index in [4.69, 9.17) is 16.3 Å². The van der Waals surface area contributed by atoms with Crippen LogP contribution in [-0.4, -0.2) is 26.8 Å². The zero-order valence-electron chi connectivity index (χ0n) is 11.1. The van der Waals surface area contributed by atoms with Crippen molar-refractivity contribution in [2.24, 2.45) is 0 Å². The van der Waals surface area contributed by atoms with E-state index >= 15 is 0 Å². The maximum atomic E-state index is 11.9. The Bertz CT molecular complexity index is 556. The van der Waals surface area contributed by atoms with Gasteiger partial charge in [0.25, 0.3) is 0 Å². The normalized spacial score (nSPS) is 22.9. The highest BCUT2D eigenvalue weighted by molar-refractivity contribution is 7.89. The van der Waals surface area contributed by atoms with Gasteiger partial charge in [-0.3, -0.25) is 0 Å². The van der Waals surface area contributed by atoms with Crippen molar-refractivity contribution in [3.8, 4) is 0 Å². The maximum Gasteiger partial charge on any atom is 0.212 e. The Kier molecular flexibility index (Phi) is 5.21. The van der Waals surface area contributed by atoms with E-state index in [2.05, 4.69) is 11.3 Å². The molecule has 0 spiro atoms. The van der Waals surface area contributed by atoms with Crippen LogP contribution in [0.25, 0.3) is 0 Å². The minimum absolute atomic E-state index is 0.0559. The molecule has 0 radical (unpaired) electrons. The van der Waals surface area contributed by atoms with E-state index in [9.17, 15) is 8.42 Å². The zero-order chi connectivity index (χ0) is 14.6. The second kappa shape index (κ2) is 6.72.